The molecule has 0 aromatic heterocycles. The van der Waals surface area contributed by atoms with Gasteiger partial charge in [0.25, 0.3) is 0 Å². The summed E-state index contributed by atoms with van der Waals surface area (Å²) >= 11 is 5.74. The average molecular weight is 205 g/mol. The van der Waals surface area contributed by atoms with Gasteiger partial charge in [-0.05, 0) is 17.7 Å². The molecular weight excluding hydrogens is 196 g/mol. The van der Waals surface area contributed by atoms with Gasteiger partial charge in [0, 0.05) is 23.8 Å². The van der Waals surface area contributed by atoms with Crippen molar-refractivity contribution in [1.29, 1.82) is 10.5 Å². The largest absolute Gasteiger partial charge is 0.198 e. The first-order valence-electron chi connectivity index (χ1n) is 4.27. The maximum atomic E-state index is 8.59. The fourth-order valence-corrected chi connectivity index (χ4v) is 1.39. The monoisotopic (exact) mass is 204 g/mol. The molecule has 0 fully saturated rings. The minimum absolute atomic E-state index is 0.00210. The van der Waals surface area contributed by atoms with Crippen molar-refractivity contribution < 1.29 is 0 Å². The van der Waals surface area contributed by atoms with Crippen LogP contribution < -0.4 is 0 Å². The Labute approximate surface area is 88.3 Å². The van der Waals surface area contributed by atoms with Crippen LogP contribution in [0.3, 0.4) is 0 Å². The molecule has 0 spiro atoms. The number of hydrogen-bond acceptors (Lipinski definition) is 2. The second-order valence-electron chi connectivity index (χ2n) is 2.97. The Morgan fingerprint density at radius 3 is 2.00 bits per heavy atom. The number of nitriles is 2. The lowest BCUT2D eigenvalue weighted by molar-refractivity contribution is 0.726. The molecule has 0 heterocycles. The molecule has 0 saturated heterocycles. The molecule has 1 rings (SSSR count). The van der Waals surface area contributed by atoms with Crippen LogP contribution in [0.5, 0.6) is 0 Å². The second-order valence-corrected chi connectivity index (χ2v) is 3.41. The topological polar surface area (TPSA) is 47.6 Å². The predicted octanol–water partition coefficient (Wildman–Crippen LogP) is 3.25. The van der Waals surface area contributed by atoms with Crippen molar-refractivity contribution >= 4 is 11.6 Å². The first-order chi connectivity index (χ1) is 6.77. The minimum atomic E-state index is 0.00210. The molecule has 0 unspecified atom stereocenters. The van der Waals surface area contributed by atoms with Crippen molar-refractivity contribution in [2.24, 2.45) is 0 Å². The van der Waals surface area contributed by atoms with Gasteiger partial charge in [0.2, 0.25) is 0 Å². The van der Waals surface area contributed by atoms with Crippen LogP contribution in [-0.2, 0) is 0 Å². The fraction of sp³-hybridized carbons (Fsp3) is 0.273. The molecular formula is C11H9ClN2. The Kier molecular flexibility index (Phi) is 3.98. The Balaban J connectivity index is 2.84. The highest BCUT2D eigenvalue weighted by molar-refractivity contribution is 6.30. The highest BCUT2D eigenvalue weighted by Gasteiger charge is 2.10. The molecule has 0 N–H and O–H groups in total. The number of halogens is 1. The van der Waals surface area contributed by atoms with Gasteiger partial charge in [0.1, 0.15) is 0 Å². The number of nitrogens with zero attached hydrogens (tertiary/aromatic N) is 2. The summed E-state index contributed by atoms with van der Waals surface area (Å²) in [6.45, 7) is 0. The third-order valence-electron chi connectivity index (χ3n) is 2.02. The standard InChI is InChI=1S/C11H9ClN2/c12-11-3-1-9(2-4-11)10(5-7-13)6-8-14/h1-4,10H,5-6H2. The van der Waals surface area contributed by atoms with Gasteiger partial charge in [-0.1, -0.05) is 23.7 Å². The summed E-state index contributed by atoms with van der Waals surface area (Å²) in [7, 11) is 0. The summed E-state index contributed by atoms with van der Waals surface area (Å²) in [5, 5.41) is 17.9. The lowest BCUT2D eigenvalue weighted by Crippen LogP contribution is -1.96. The Morgan fingerprint density at radius 2 is 1.57 bits per heavy atom. The van der Waals surface area contributed by atoms with Crippen molar-refractivity contribution in [3.8, 4) is 12.1 Å². The van der Waals surface area contributed by atoms with Crippen LogP contribution in [0.25, 0.3) is 0 Å². The van der Waals surface area contributed by atoms with Crippen LogP contribution in [0.15, 0.2) is 24.3 Å². The molecule has 0 amide bonds. The summed E-state index contributed by atoms with van der Waals surface area (Å²) in [6.07, 6.45) is 0.740. The lowest BCUT2D eigenvalue weighted by Gasteiger charge is -2.09. The summed E-state index contributed by atoms with van der Waals surface area (Å²) in [5.74, 6) is 0.00210. The normalized spacial score (nSPS) is 9.43. The molecule has 1 aromatic carbocycles. The van der Waals surface area contributed by atoms with E-state index in [4.69, 9.17) is 22.1 Å². The Morgan fingerprint density at radius 1 is 1.07 bits per heavy atom. The third-order valence-corrected chi connectivity index (χ3v) is 2.27. The summed E-state index contributed by atoms with van der Waals surface area (Å²) < 4.78 is 0. The minimum Gasteiger partial charge on any atom is -0.198 e. The van der Waals surface area contributed by atoms with Crippen LogP contribution in [0.4, 0.5) is 0 Å². The average Bonchev–Trinajstić information content (AvgIpc) is 2.19. The third kappa shape index (κ3) is 2.76. The van der Waals surface area contributed by atoms with Gasteiger partial charge < -0.3 is 0 Å². The molecule has 2 nitrogen and oxygen atoms in total. The van der Waals surface area contributed by atoms with Crippen LogP contribution in [0.2, 0.25) is 5.02 Å². The van der Waals surface area contributed by atoms with E-state index in [1.165, 1.54) is 0 Å². The Hall–Kier alpha value is -1.51. The predicted molar refractivity (Wildman–Crippen MR) is 54.7 cm³/mol. The molecule has 0 aliphatic heterocycles. The quantitative estimate of drug-likeness (QED) is 0.759. The maximum absolute atomic E-state index is 8.59. The maximum Gasteiger partial charge on any atom is 0.0628 e. The van der Waals surface area contributed by atoms with Gasteiger partial charge in [0.15, 0.2) is 0 Å². The molecule has 0 radical (unpaired) electrons. The van der Waals surface area contributed by atoms with Gasteiger partial charge in [-0.3, -0.25) is 0 Å². The van der Waals surface area contributed by atoms with Crippen LogP contribution in [0.1, 0.15) is 24.3 Å². The van der Waals surface area contributed by atoms with E-state index in [1.54, 1.807) is 12.1 Å². The molecule has 14 heavy (non-hydrogen) atoms. The first-order valence-corrected chi connectivity index (χ1v) is 4.65. The zero-order chi connectivity index (χ0) is 10.4. The highest BCUT2D eigenvalue weighted by atomic mass is 35.5. The number of hydrogen-bond donors (Lipinski definition) is 0. The summed E-state index contributed by atoms with van der Waals surface area (Å²) in [6, 6.07) is 11.4. The zero-order valence-corrected chi connectivity index (χ0v) is 8.33. The van der Waals surface area contributed by atoms with Gasteiger partial charge in [-0.15, -0.1) is 0 Å². The lowest BCUT2D eigenvalue weighted by atomic mass is 9.94. The zero-order valence-electron chi connectivity index (χ0n) is 7.57. The summed E-state index contributed by atoms with van der Waals surface area (Å²) in [4.78, 5) is 0. The molecule has 0 aliphatic carbocycles. The molecule has 0 atom stereocenters. The molecule has 0 aliphatic rings. The molecule has 3 heteroatoms. The van der Waals surface area contributed by atoms with Crippen molar-refractivity contribution in [2.75, 3.05) is 0 Å². The number of benzene rings is 1. The van der Waals surface area contributed by atoms with Crippen molar-refractivity contribution in [1.82, 2.24) is 0 Å². The smallest absolute Gasteiger partial charge is 0.0628 e. The highest BCUT2D eigenvalue weighted by Crippen LogP contribution is 2.23. The van der Waals surface area contributed by atoms with Crippen LogP contribution >= 0.6 is 11.6 Å². The van der Waals surface area contributed by atoms with E-state index in [1.807, 2.05) is 12.1 Å². The van der Waals surface area contributed by atoms with E-state index < -0.39 is 0 Å². The van der Waals surface area contributed by atoms with E-state index in [0.29, 0.717) is 17.9 Å². The van der Waals surface area contributed by atoms with E-state index in [2.05, 4.69) is 12.1 Å². The molecule has 1 aromatic rings. The Bertz CT molecular complexity index is 354. The molecule has 0 bridgehead atoms. The second kappa shape index (κ2) is 5.27. The van der Waals surface area contributed by atoms with E-state index in [-0.39, 0.29) is 5.92 Å². The van der Waals surface area contributed by atoms with E-state index >= 15 is 0 Å². The van der Waals surface area contributed by atoms with Gasteiger partial charge >= 0.3 is 0 Å². The van der Waals surface area contributed by atoms with Gasteiger partial charge in [-0.2, -0.15) is 10.5 Å². The van der Waals surface area contributed by atoms with Crippen LogP contribution in [0, 0.1) is 22.7 Å². The fourth-order valence-electron chi connectivity index (χ4n) is 1.26. The van der Waals surface area contributed by atoms with Gasteiger partial charge in [0.05, 0.1) is 12.1 Å². The van der Waals surface area contributed by atoms with Crippen molar-refractivity contribution in [3.05, 3.63) is 34.9 Å². The van der Waals surface area contributed by atoms with Crippen molar-refractivity contribution in [2.45, 2.75) is 18.8 Å². The van der Waals surface area contributed by atoms with E-state index in [9.17, 15) is 0 Å². The van der Waals surface area contributed by atoms with Crippen LogP contribution in [-0.4, -0.2) is 0 Å². The molecule has 0 saturated carbocycles. The molecule has 70 valence electrons. The number of rotatable bonds is 3. The van der Waals surface area contributed by atoms with E-state index in [0.717, 1.165) is 5.56 Å². The first kappa shape index (κ1) is 10.6. The van der Waals surface area contributed by atoms with Crippen molar-refractivity contribution in [3.63, 3.8) is 0 Å². The van der Waals surface area contributed by atoms with Gasteiger partial charge in [-0.25, -0.2) is 0 Å². The SMILES string of the molecule is N#CCC(CC#N)c1ccc(Cl)cc1. The summed E-state index contributed by atoms with van der Waals surface area (Å²) in [5.41, 5.74) is 0.998.